The van der Waals surface area contributed by atoms with Crippen LogP contribution in [0.3, 0.4) is 0 Å². The first-order valence-electron chi connectivity index (χ1n) is 5.05. The molecule has 0 aromatic carbocycles. The van der Waals surface area contributed by atoms with Gasteiger partial charge in [0.05, 0.1) is 6.54 Å². The molecule has 0 aliphatic heterocycles. The van der Waals surface area contributed by atoms with Gasteiger partial charge in [-0.2, -0.15) is 0 Å². The highest BCUT2D eigenvalue weighted by Gasteiger charge is 2.18. The fourth-order valence-electron chi connectivity index (χ4n) is 1.06. The van der Waals surface area contributed by atoms with Crippen molar-refractivity contribution < 1.29 is 9.59 Å². The third-order valence-corrected chi connectivity index (χ3v) is 2.89. The SMILES string of the molecule is CCCNC(=O)CN(C)C(=O)c1nnc(Cl)s1. The minimum atomic E-state index is -0.360. The summed E-state index contributed by atoms with van der Waals surface area (Å²) in [5, 5.41) is 10.0. The van der Waals surface area contributed by atoms with Gasteiger partial charge in [-0.05, 0) is 18.0 Å². The highest BCUT2D eigenvalue weighted by atomic mass is 35.5. The van der Waals surface area contributed by atoms with Gasteiger partial charge in [0.25, 0.3) is 5.91 Å². The topological polar surface area (TPSA) is 75.2 Å². The monoisotopic (exact) mass is 276 g/mol. The quantitative estimate of drug-likeness (QED) is 0.863. The van der Waals surface area contributed by atoms with E-state index in [-0.39, 0.29) is 27.8 Å². The van der Waals surface area contributed by atoms with Gasteiger partial charge in [0.15, 0.2) is 0 Å². The maximum absolute atomic E-state index is 11.8. The van der Waals surface area contributed by atoms with Crippen LogP contribution in [0.4, 0.5) is 0 Å². The summed E-state index contributed by atoms with van der Waals surface area (Å²) in [5.74, 6) is -0.556. The zero-order valence-electron chi connectivity index (χ0n) is 9.57. The number of hydrogen-bond acceptors (Lipinski definition) is 5. The summed E-state index contributed by atoms with van der Waals surface area (Å²) < 4.78 is 0.206. The molecule has 1 rings (SSSR count). The van der Waals surface area contributed by atoms with E-state index in [0.29, 0.717) is 6.54 Å². The van der Waals surface area contributed by atoms with Crippen molar-refractivity contribution >= 4 is 34.8 Å². The Kier molecular flexibility index (Phi) is 5.30. The predicted molar refractivity (Wildman–Crippen MR) is 65.2 cm³/mol. The molecule has 0 bridgehead atoms. The van der Waals surface area contributed by atoms with Crippen molar-refractivity contribution in [2.75, 3.05) is 20.1 Å². The van der Waals surface area contributed by atoms with Crippen LogP contribution in [0.2, 0.25) is 4.47 Å². The lowest BCUT2D eigenvalue weighted by molar-refractivity contribution is -0.121. The van der Waals surface area contributed by atoms with Crippen LogP contribution in [0.1, 0.15) is 23.1 Å². The van der Waals surface area contributed by atoms with Crippen molar-refractivity contribution in [3.8, 4) is 0 Å². The Bertz CT molecular complexity index is 409. The van der Waals surface area contributed by atoms with E-state index in [1.165, 1.54) is 11.9 Å². The zero-order chi connectivity index (χ0) is 12.8. The molecule has 1 N–H and O–H groups in total. The number of likely N-dealkylation sites (N-methyl/N-ethyl adjacent to an activating group) is 1. The molecule has 0 aliphatic rings. The van der Waals surface area contributed by atoms with Gasteiger partial charge in [-0.1, -0.05) is 18.3 Å². The van der Waals surface area contributed by atoms with Gasteiger partial charge in [-0.25, -0.2) is 0 Å². The maximum atomic E-state index is 11.8. The Morgan fingerprint density at radius 3 is 2.71 bits per heavy atom. The molecule has 0 unspecified atom stereocenters. The van der Waals surface area contributed by atoms with E-state index in [0.717, 1.165) is 17.8 Å². The normalized spacial score (nSPS) is 10.1. The Morgan fingerprint density at radius 1 is 1.47 bits per heavy atom. The molecule has 0 radical (unpaired) electrons. The molecule has 1 heterocycles. The van der Waals surface area contributed by atoms with Crippen molar-refractivity contribution in [2.24, 2.45) is 0 Å². The second-order valence-electron chi connectivity index (χ2n) is 3.37. The standard InChI is InChI=1S/C9H13ClN4O2S/c1-3-4-11-6(15)5-14(2)8(16)7-12-13-9(10)17-7/h3-5H2,1-2H3,(H,11,15). The van der Waals surface area contributed by atoms with Crippen molar-refractivity contribution in [1.82, 2.24) is 20.4 Å². The van der Waals surface area contributed by atoms with Crippen LogP contribution < -0.4 is 5.32 Å². The highest BCUT2D eigenvalue weighted by Crippen LogP contribution is 2.15. The molecule has 8 heteroatoms. The Balaban J connectivity index is 2.50. The summed E-state index contributed by atoms with van der Waals surface area (Å²) in [6.45, 7) is 2.56. The molecule has 0 spiro atoms. The van der Waals surface area contributed by atoms with Crippen molar-refractivity contribution in [3.05, 3.63) is 9.47 Å². The maximum Gasteiger partial charge on any atom is 0.285 e. The minimum Gasteiger partial charge on any atom is -0.355 e. The molecule has 0 saturated heterocycles. The van der Waals surface area contributed by atoms with E-state index < -0.39 is 0 Å². The molecule has 6 nitrogen and oxygen atoms in total. The van der Waals surface area contributed by atoms with Crippen molar-refractivity contribution in [2.45, 2.75) is 13.3 Å². The molecule has 2 amide bonds. The fourth-order valence-corrected chi connectivity index (χ4v) is 1.89. The number of halogens is 1. The van der Waals surface area contributed by atoms with Gasteiger partial charge in [-0.15, -0.1) is 10.2 Å². The lowest BCUT2D eigenvalue weighted by Crippen LogP contribution is -2.38. The number of carbonyl (C=O) groups excluding carboxylic acids is 2. The van der Waals surface area contributed by atoms with Crippen LogP contribution in [0, 0.1) is 0 Å². The first-order chi connectivity index (χ1) is 8.04. The van der Waals surface area contributed by atoms with E-state index in [1.54, 1.807) is 0 Å². The summed E-state index contributed by atoms with van der Waals surface area (Å²) in [7, 11) is 1.53. The Morgan fingerprint density at radius 2 is 2.18 bits per heavy atom. The van der Waals surface area contributed by atoms with Gasteiger partial charge in [0, 0.05) is 13.6 Å². The summed E-state index contributed by atoms with van der Waals surface area (Å²) >= 11 is 6.57. The molecule has 0 saturated carbocycles. The van der Waals surface area contributed by atoms with Crippen LogP contribution in [-0.4, -0.2) is 47.0 Å². The van der Waals surface area contributed by atoms with Crippen LogP contribution in [-0.2, 0) is 4.79 Å². The highest BCUT2D eigenvalue weighted by molar-refractivity contribution is 7.17. The van der Waals surface area contributed by atoms with E-state index in [4.69, 9.17) is 11.6 Å². The van der Waals surface area contributed by atoms with Gasteiger partial charge in [0.1, 0.15) is 0 Å². The van der Waals surface area contributed by atoms with Crippen LogP contribution in [0.15, 0.2) is 0 Å². The Labute approximate surface area is 108 Å². The number of carbonyl (C=O) groups is 2. The van der Waals surface area contributed by atoms with E-state index in [1.807, 2.05) is 6.92 Å². The third kappa shape index (κ3) is 4.27. The second kappa shape index (κ2) is 6.51. The second-order valence-corrected chi connectivity index (χ2v) is 4.93. The number of amides is 2. The van der Waals surface area contributed by atoms with E-state index >= 15 is 0 Å². The number of nitrogens with zero attached hydrogens (tertiary/aromatic N) is 3. The lowest BCUT2D eigenvalue weighted by Gasteiger charge is -2.14. The number of hydrogen-bond donors (Lipinski definition) is 1. The molecule has 0 fully saturated rings. The fraction of sp³-hybridized carbons (Fsp3) is 0.556. The number of nitrogens with one attached hydrogen (secondary N) is 1. The van der Waals surface area contributed by atoms with Crippen LogP contribution in [0.5, 0.6) is 0 Å². The smallest absolute Gasteiger partial charge is 0.285 e. The first-order valence-corrected chi connectivity index (χ1v) is 6.25. The Hall–Kier alpha value is -1.21. The number of rotatable bonds is 5. The van der Waals surface area contributed by atoms with Gasteiger partial charge >= 0.3 is 0 Å². The van der Waals surface area contributed by atoms with E-state index in [9.17, 15) is 9.59 Å². The third-order valence-electron chi connectivity index (χ3n) is 1.88. The molecule has 17 heavy (non-hydrogen) atoms. The summed E-state index contributed by atoms with van der Waals surface area (Å²) in [5.41, 5.74) is 0. The van der Waals surface area contributed by atoms with E-state index in [2.05, 4.69) is 15.5 Å². The zero-order valence-corrected chi connectivity index (χ0v) is 11.1. The van der Waals surface area contributed by atoms with Crippen molar-refractivity contribution in [3.63, 3.8) is 0 Å². The summed E-state index contributed by atoms with van der Waals surface area (Å²) in [4.78, 5) is 24.4. The molecule has 94 valence electrons. The average Bonchev–Trinajstić information content (AvgIpc) is 2.72. The van der Waals surface area contributed by atoms with Crippen LogP contribution >= 0.6 is 22.9 Å². The van der Waals surface area contributed by atoms with Gasteiger partial charge < -0.3 is 10.2 Å². The van der Waals surface area contributed by atoms with Crippen molar-refractivity contribution in [1.29, 1.82) is 0 Å². The molecule has 0 atom stereocenters. The largest absolute Gasteiger partial charge is 0.355 e. The van der Waals surface area contributed by atoms with Gasteiger partial charge in [0.2, 0.25) is 15.4 Å². The summed E-state index contributed by atoms with van der Waals surface area (Å²) in [6.07, 6.45) is 0.857. The first kappa shape index (κ1) is 13.9. The van der Waals surface area contributed by atoms with Gasteiger partial charge in [-0.3, -0.25) is 9.59 Å². The minimum absolute atomic E-state index is 0.00394. The molecule has 0 aliphatic carbocycles. The summed E-state index contributed by atoms with van der Waals surface area (Å²) in [6, 6.07) is 0. The average molecular weight is 277 g/mol. The molecule has 1 aromatic rings. The molecular weight excluding hydrogens is 264 g/mol. The number of aromatic nitrogens is 2. The lowest BCUT2D eigenvalue weighted by atomic mass is 10.4. The van der Waals surface area contributed by atoms with Crippen LogP contribution in [0.25, 0.3) is 0 Å². The molecular formula is C9H13ClN4O2S. The molecule has 1 aromatic heterocycles. The predicted octanol–water partition coefficient (Wildman–Crippen LogP) is 0.790.